The van der Waals surface area contributed by atoms with Gasteiger partial charge in [0.1, 0.15) is 40.5 Å². The number of benzene rings is 3. The first-order chi connectivity index (χ1) is 16.7. The molecule has 0 spiro atoms. The minimum Gasteiger partial charge on any atom is -0.456 e. The van der Waals surface area contributed by atoms with Crippen LogP contribution in [0.3, 0.4) is 0 Å². The lowest BCUT2D eigenvalue weighted by atomic mass is 10.1. The molecule has 172 valence electrons. The second-order valence-electron chi connectivity index (χ2n) is 6.76. The Morgan fingerprint density at radius 3 is 2.31 bits per heavy atom. The number of halogens is 1. The smallest absolute Gasteiger partial charge is 0.294 e. The summed E-state index contributed by atoms with van der Waals surface area (Å²) in [5, 5.41) is 43.1. The van der Waals surface area contributed by atoms with Gasteiger partial charge in [-0.3, -0.25) is 25.0 Å². The van der Waals surface area contributed by atoms with Gasteiger partial charge in [0, 0.05) is 23.2 Å². The normalized spacial score (nSPS) is 10.5. The van der Waals surface area contributed by atoms with E-state index in [-0.39, 0.29) is 33.3 Å². The van der Waals surface area contributed by atoms with Gasteiger partial charge in [0.05, 0.1) is 9.85 Å². The second-order valence-corrected chi connectivity index (χ2v) is 7.20. The van der Waals surface area contributed by atoms with Crippen molar-refractivity contribution in [3.05, 3.63) is 103 Å². The fourth-order valence-electron chi connectivity index (χ4n) is 2.83. The summed E-state index contributed by atoms with van der Waals surface area (Å²) < 4.78 is 5.61. The lowest BCUT2D eigenvalue weighted by molar-refractivity contribution is -0.384. The molecular formula is C23H12ClN5O6. The number of nitrogens with zero attached hydrogens (tertiary/aromatic N) is 4. The molecule has 0 bridgehead atoms. The van der Waals surface area contributed by atoms with E-state index in [2.05, 4.69) is 5.32 Å². The number of carbonyl (C=O) groups excluding carboxylic acids is 1. The molecule has 3 aromatic rings. The molecule has 0 radical (unpaired) electrons. The molecule has 3 rings (SSSR count). The molecule has 0 aliphatic rings. The van der Waals surface area contributed by atoms with Gasteiger partial charge in [-0.1, -0.05) is 23.7 Å². The molecule has 35 heavy (non-hydrogen) atoms. The maximum atomic E-state index is 12.5. The number of hydrogen-bond donors (Lipinski definition) is 1. The highest BCUT2D eigenvalue weighted by Gasteiger charge is 2.18. The van der Waals surface area contributed by atoms with Crippen LogP contribution in [0, 0.1) is 42.9 Å². The van der Waals surface area contributed by atoms with Crippen LogP contribution in [0.5, 0.6) is 11.5 Å². The highest BCUT2D eigenvalue weighted by Crippen LogP contribution is 2.30. The molecule has 1 amide bonds. The minimum atomic E-state index is -0.859. The van der Waals surface area contributed by atoms with Crippen molar-refractivity contribution >= 4 is 40.6 Å². The molecule has 0 atom stereocenters. The summed E-state index contributed by atoms with van der Waals surface area (Å²) >= 11 is 5.76. The van der Waals surface area contributed by atoms with E-state index in [0.29, 0.717) is 11.3 Å². The van der Waals surface area contributed by atoms with Crippen molar-refractivity contribution < 1.29 is 19.4 Å². The largest absolute Gasteiger partial charge is 0.456 e. The van der Waals surface area contributed by atoms with Crippen LogP contribution in [0.25, 0.3) is 6.08 Å². The first-order valence-corrected chi connectivity index (χ1v) is 9.93. The third kappa shape index (κ3) is 5.96. The zero-order valence-corrected chi connectivity index (χ0v) is 18.2. The molecule has 11 nitrogen and oxygen atoms in total. The average molecular weight is 490 g/mol. The minimum absolute atomic E-state index is 0.0251. The number of rotatable bonds is 7. The van der Waals surface area contributed by atoms with E-state index >= 15 is 0 Å². The summed E-state index contributed by atoms with van der Waals surface area (Å²) in [6.45, 7) is 0. The van der Waals surface area contributed by atoms with E-state index in [1.807, 2.05) is 6.07 Å². The fourth-order valence-corrected chi connectivity index (χ4v) is 3.00. The van der Waals surface area contributed by atoms with E-state index in [1.54, 1.807) is 6.07 Å². The van der Waals surface area contributed by atoms with Gasteiger partial charge in [-0.2, -0.15) is 10.5 Å². The first kappa shape index (κ1) is 24.4. The maximum Gasteiger partial charge on any atom is 0.294 e. The van der Waals surface area contributed by atoms with Crippen LogP contribution >= 0.6 is 11.6 Å². The topological polar surface area (TPSA) is 172 Å². The molecule has 0 saturated heterocycles. The van der Waals surface area contributed by atoms with Gasteiger partial charge in [-0.25, -0.2) is 0 Å². The number of hydrogen-bond acceptors (Lipinski definition) is 8. The van der Waals surface area contributed by atoms with Crippen molar-refractivity contribution in [3.63, 3.8) is 0 Å². The SMILES string of the molecule is N#CC(=Cc1ccc(Oc2ccc([N+](=O)[O-])cc2C#N)cc1)C(=O)Nc1ccc(Cl)cc1[N+](=O)[O-]. The highest BCUT2D eigenvalue weighted by molar-refractivity contribution is 6.31. The maximum absolute atomic E-state index is 12.5. The Labute approximate surface area is 202 Å². The van der Waals surface area contributed by atoms with Crippen molar-refractivity contribution in [3.8, 4) is 23.6 Å². The van der Waals surface area contributed by atoms with Crippen molar-refractivity contribution in [2.24, 2.45) is 0 Å². The number of nitro groups is 2. The molecule has 0 fully saturated rings. The number of nitrogens with one attached hydrogen (secondary N) is 1. The Hall–Kier alpha value is -5.26. The Bertz CT molecular complexity index is 1450. The van der Waals surface area contributed by atoms with E-state index < -0.39 is 21.4 Å². The number of carbonyl (C=O) groups is 1. The summed E-state index contributed by atoms with van der Waals surface area (Å²) in [4.78, 5) is 33.2. The molecule has 3 aromatic carbocycles. The number of amides is 1. The predicted octanol–water partition coefficient (Wildman–Crippen LogP) is 5.37. The predicted molar refractivity (Wildman–Crippen MR) is 125 cm³/mol. The monoisotopic (exact) mass is 489 g/mol. The van der Waals surface area contributed by atoms with Gasteiger partial charge in [-0.15, -0.1) is 0 Å². The van der Waals surface area contributed by atoms with Crippen molar-refractivity contribution in [2.45, 2.75) is 0 Å². The average Bonchev–Trinajstić information content (AvgIpc) is 2.84. The van der Waals surface area contributed by atoms with Gasteiger partial charge in [0.2, 0.25) is 0 Å². The first-order valence-electron chi connectivity index (χ1n) is 9.55. The molecule has 12 heteroatoms. The summed E-state index contributed by atoms with van der Waals surface area (Å²) in [5.41, 5.74) is -0.689. The number of non-ortho nitro benzene ring substituents is 1. The number of nitro benzene ring substituents is 2. The van der Waals surface area contributed by atoms with Crippen LogP contribution in [-0.4, -0.2) is 15.8 Å². The number of anilines is 1. The lowest BCUT2D eigenvalue weighted by Crippen LogP contribution is -2.14. The van der Waals surface area contributed by atoms with E-state index in [9.17, 15) is 35.5 Å². The number of nitriles is 2. The van der Waals surface area contributed by atoms with E-state index in [4.69, 9.17) is 16.3 Å². The molecule has 0 aliphatic carbocycles. The van der Waals surface area contributed by atoms with Crippen molar-refractivity contribution in [1.82, 2.24) is 0 Å². The van der Waals surface area contributed by atoms with Crippen LogP contribution in [-0.2, 0) is 4.79 Å². The quantitative estimate of drug-likeness (QED) is 0.199. The zero-order chi connectivity index (χ0) is 25.5. The lowest BCUT2D eigenvalue weighted by Gasteiger charge is -2.08. The molecule has 0 unspecified atom stereocenters. The van der Waals surface area contributed by atoms with Crippen LogP contribution in [0.4, 0.5) is 17.1 Å². The summed E-state index contributed by atoms with van der Waals surface area (Å²) in [5.74, 6) is -0.446. The summed E-state index contributed by atoms with van der Waals surface area (Å²) in [7, 11) is 0. The van der Waals surface area contributed by atoms with Gasteiger partial charge in [0.15, 0.2) is 0 Å². The molecular weight excluding hydrogens is 478 g/mol. The van der Waals surface area contributed by atoms with Gasteiger partial charge in [0.25, 0.3) is 17.3 Å². The zero-order valence-electron chi connectivity index (χ0n) is 17.5. The fraction of sp³-hybridized carbons (Fsp3) is 0. The molecule has 1 N–H and O–H groups in total. The van der Waals surface area contributed by atoms with Gasteiger partial charge < -0.3 is 10.1 Å². The van der Waals surface area contributed by atoms with Gasteiger partial charge in [-0.05, 0) is 42.0 Å². The third-order valence-electron chi connectivity index (χ3n) is 4.48. The standard InChI is InChI=1S/C23H12ClN5O6/c24-17-3-7-20(21(11-17)29(33)34)27-23(30)16(13-26)9-14-1-5-19(6-2-14)35-22-8-4-18(28(31)32)10-15(22)12-25/h1-11H,(H,27,30). The highest BCUT2D eigenvalue weighted by atomic mass is 35.5. The molecule has 0 heterocycles. The van der Waals surface area contributed by atoms with E-state index in [0.717, 1.165) is 12.1 Å². The molecule has 0 saturated carbocycles. The Morgan fingerprint density at radius 1 is 1.00 bits per heavy atom. The molecule has 0 aliphatic heterocycles. The summed E-state index contributed by atoms with van der Waals surface area (Å²) in [6, 6.07) is 16.9. The van der Waals surface area contributed by atoms with E-state index in [1.165, 1.54) is 54.6 Å². The number of ether oxygens (including phenoxy) is 1. The third-order valence-corrected chi connectivity index (χ3v) is 4.72. The van der Waals surface area contributed by atoms with Gasteiger partial charge >= 0.3 is 0 Å². The van der Waals surface area contributed by atoms with Crippen LogP contribution in [0.1, 0.15) is 11.1 Å². The molecule has 0 aromatic heterocycles. The summed E-state index contributed by atoms with van der Waals surface area (Å²) in [6.07, 6.45) is 1.27. The van der Waals surface area contributed by atoms with Crippen LogP contribution in [0.15, 0.2) is 66.2 Å². The second kappa shape index (κ2) is 10.6. The van der Waals surface area contributed by atoms with Crippen molar-refractivity contribution in [1.29, 1.82) is 10.5 Å². The van der Waals surface area contributed by atoms with Crippen LogP contribution in [0.2, 0.25) is 5.02 Å². The van der Waals surface area contributed by atoms with Crippen LogP contribution < -0.4 is 10.1 Å². The Balaban J connectivity index is 1.78. The Kier molecular flexibility index (Phi) is 7.36. The van der Waals surface area contributed by atoms with Crippen molar-refractivity contribution in [2.75, 3.05) is 5.32 Å². The Morgan fingerprint density at radius 2 is 1.71 bits per heavy atom.